The van der Waals surface area contributed by atoms with Gasteiger partial charge >= 0.3 is 11.8 Å². The summed E-state index contributed by atoms with van der Waals surface area (Å²) in [5.41, 5.74) is 4.86. The predicted octanol–water partition coefficient (Wildman–Crippen LogP) is 3.84. The van der Waals surface area contributed by atoms with Crippen LogP contribution in [0.3, 0.4) is 0 Å². The van der Waals surface area contributed by atoms with E-state index in [1.54, 1.807) is 18.2 Å². The van der Waals surface area contributed by atoms with E-state index in [1.807, 2.05) is 30.3 Å². The molecule has 0 radical (unpaired) electrons. The molecule has 130 valence electrons. The van der Waals surface area contributed by atoms with E-state index in [-0.39, 0.29) is 5.41 Å². The minimum atomic E-state index is -0.835. The first-order chi connectivity index (χ1) is 11.8. The average molecular weight is 402 g/mol. The fourth-order valence-electron chi connectivity index (χ4n) is 2.03. The molecule has 0 atom stereocenters. The molecule has 2 amide bonds. The number of hydrogen-bond donors (Lipinski definition) is 2. The largest absolute Gasteiger partial charge is 0.329 e. The Morgan fingerprint density at radius 2 is 1.64 bits per heavy atom. The van der Waals surface area contributed by atoms with Crippen molar-refractivity contribution in [3.05, 3.63) is 64.1 Å². The molecule has 0 fully saturated rings. The minimum absolute atomic E-state index is 0.0771. The fourth-order valence-corrected chi connectivity index (χ4v) is 2.41. The van der Waals surface area contributed by atoms with E-state index in [0.29, 0.717) is 10.2 Å². The highest BCUT2D eigenvalue weighted by molar-refractivity contribution is 9.10. The molecular weight excluding hydrogens is 382 g/mol. The molecule has 2 aromatic rings. The molecule has 0 bridgehead atoms. The maximum Gasteiger partial charge on any atom is 0.329 e. The summed E-state index contributed by atoms with van der Waals surface area (Å²) in [4.78, 5) is 23.6. The number of halogens is 1. The Bertz CT molecular complexity index is 793. The van der Waals surface area contributed by atoms with Crippen molar-refractivity contribution in [2.45, 2.75) is 26.2 Å². The molecule has 25 heavy (non-hydrogen) atoms. The number of rotatable bonds is 3. The molecule has 0 spiro atoms. The third-order valence-electron chi connectivity index (χ3n) is 3.48. The first kappa shape index (κ1) is 18.9. The molecule has 5 nitrogen and oxygen atoms in total. The van der Waals surface area contributed by atoms with Crippen LogP contribution in [-0.4, -0.2) is 18.0 Å². The van der Waals surface area contributed by atoms with Crippen LogP contribution < -0.4 is 10.7 Å². The monoisotopic (exact) mass is 401 g/mol. The zero-order valence-electron chi connectivity index (χ0n) is 14.3. The Hall–Kier alpha value is -2.47. The van der Waals surface area contributed by atoms with Crippen molar-refractivity contribution in [3.8, 4) is 0 Å². The number of carbonyl (C=O) groups excluding carboxylic acids is 2. The lowest BCUT2D eigenvalue weighted by Gasteiger charge is -2.18. The zero-order valence-corrected chi connectivity index (χ0v) is 15.9. The van der Waals surface area contributed by atoms with Gasteiger partial charge in [0.15, 0.2) is 0 Å². The van der Waals surface area contributed by atoms with Crippen molar-refractivity contribution in [3.63, 3.8) is 0 Å². The van der Waals surface area contributed by atoms with Gasteiger partial charge in [-0.25, -0.2) is 5.43 Å². The zero-order chi connectivity index (χ0) is 18.4. The molecule has 0 aliphatic rings. The van der Waals surface area contributed by atoms with E-state index in [4.69, 9.17) is 0 Å². The molecule has 0 unspecified atom stereocenters. The van der Waals surface area contributed by atoms with Crippen molar-refractivity contribution in [1.29, 1.82) is 0 Å². The maximum absolute atomic E-state index is 11.8. The van der Waals surface area contributed by atoms with Crippen molar-refractivity contribution in [2.24, 2.45) is 5.10 Å². The molecule has 0 heterocycles. The van der Waals surface area contributed by atoms with E-state index in [1.165, 1.54) is 11.8 Å². The second-order valence-corrected chi connectivity index (χ2v) is 7.36. The van der Waals surface area contributed by atoms with Crippen LogP contribution >= 0.6 is 15.9 Å². The van der Waals surface area contributed by atoms with Gasteiger partial charge < -0.3 is 5.32 Å². The minimum Gasteiger partial charge on any atom is -0.317 e. The molecule has 0 saturated heterocycles. The number of hydrogen-bond acceptors (Lipinski definition) is 3. The van der Waals surface area contributed by atoms with E-state index >= 15 is 0 Å². The smallest absolute Gasteiger partial charge is 0.317 e. The van der Waals surface area contributed by atoms with E-state index in [9.17, 15) is 9.59 Å². The van der Waals surface area contributed by atoms with Crippen LogP contribution in [0.2, 0.25) is 0 Å². The summed E-state index contributed by atoms with van der Waals surface area (Å²) in [5, 5.41) is 6.33. The summed E-state index contributed by atoms with van der Waals surface area (Å²) in [5.74, 6) is -1.62. The lowest BCUT2D eigenvalue weighted by Crippen LogP contribution is -2.32. The van der Waals surface area contributed by atoms with Gasteiger partial charge in [0.25, 0.3) is 0 Å². The third-order valence-corrected chi connectivity index (χ3v) is 4.18. The summed E-state index contributed by atoms with van der Waals surface area (Å²) in [7, 11) is 0. The highest BCUT2D eigenvalue weighted by Gasteiger charge is 2.14. The van der Waals surface area contributed by atoms with Gasteiger partial charge in [-0.1, -0.05) is 57.2 Å². The highest BCUT2D eigenvalue weighted by atomic mass is 79.9. The molecule has 2 aromatic carbocycles. The Labute approximate surface area is 155 Å². The number of nitrogens with one attached hydrogen (secondary N) is 2. The number of anilines is 1. The van der Waals surface area contributed by atoms with Crippen LogP contribution in [0.5, 0.6) is 0 Å². The van der Waals surface area contributed by atoms with Crippen LogP contribution in [-0.2, 0) is 15.0 Å². The summed E-state index contributed by atoms with van der Waals surface area (Å²) >= 11 is 3.30. The van der Waals surface area contributed by atoms with E-state index in [0.717, 1.165) is 5.56 Å². The van der Waals surface area contributed by atoms with Gasteiger partial charge in [0, 0.05) is 4.47 Å². The Morgan fingerprint density at radius 1 is 1.00 bits per heavy atom. The normalized spacial score (nSPS) is 11.4. The van der Waals surface area contributed by atoms with Crippen molar-refractivity contribution < 1.29 is 9.59 Å². The van der Waals surface area contributed by atoms with Crippen LogP contribution in [0.4, 0.5) is 5.69 Å². The van der Waals surface area contributed by atoms with Crippen LogP contribution in [0, 0.1) is 0 Å². The summed E-state index contributed by atoms with van der Waals surface area (Å²) in [6, 6.07) is 14.9. The second-order valence-electron chi connectivity index (χ2n) is 6.51. The van der Waals surface area contributed by atoms with Crippen LogP contribution in [0.25, 0.3) is 0 Å². The summed E-state index contributed by atoms with van der Waals surface area (Å²) in [6.07, 6.45) is 1.50. The number of para-hydroxylation sites is 1. The molecule has 0 aliphatic heterocycles. The van der Waals surface area contributed by atoms with Crippen molar-refractivity contribution in [2.75, 3.05) is 5.32 Å². The molecule has 6 heteroatoms. The predicted molar refractivity (Wildman–Crippen MR) is 104 cm³/mol. The van der Waals surface area contributed by atoms with Crippen molar-refractivity contribution >= 4 is 39.6 Å². The van der Waals surface area contributed by atoms with Crippen molar-refractivity contribution in [1.82, 2.24) is 5.43 Å². The van der Waals surface area contributed by atoms with Gasteiger partial charge in [0.05, 0.1) is 11.9 Å². The molecule has 0 aliphatic carbocycles. The topological polar surface area (TPSA) is 70.6 Å². The van der Waals surface area contributed by atoms with Gasteiger partial charge in [-0.15, -0.1) is 0 Å². The number of benzene rings is 2. The number of hydrazone groups is 1. The molecule has 2 N–H and O–H groups in total. The SMILES string of the molecule is CC(C)(C)c1ccc(/C=N\NC(=O)C(=O)Nc2ccccc2Br)cc1. The van der Waals surface area contributed by atoms with Crippen LogP contribution in [0.15, 0.2) is 58.1 Å². The fraction of sp³-hybridized carbons (Fsp3) is 0.211. The van der Waals surface area contributed by atoms with E-state index in [2.05, 4.69) is 52.5 Å². The maximum atomic E-state index is 11.8. The van der Waals surface area contributed by atoms with Crippen LogP contribution in [0.1, 0.15) is 31.9 Å². The first-order valence-corrected chi connectivity index (χ1v) is 8.56. The number of nitrogens with zero attached hydrogens (tertiary/aromatic N) is 1. The van der Waals surface area contributed by atoms with E-state index < -0.39 is 11.8 Å². The second kappa shape index (κ2) is 8.07. The third kappa shape index (κ3) is 5.53. The number of carbonyl (C=O) groups is 2. The Kier molecular flexibility index (Phi) is 6.09. The summed E-state index contributed by atoms with van der Waals surface area (Å²) < 4.78 is 0.693. The molecule has 0 saturated carbocycles. The highest BCUT2D eigenvalue weighted by Crippen LogP contribution is 2.22. The average Bonchev–Trinajstić information content (AvgIpc) is 2.56. The number of amides is 2. The van der Waals surface area contributed by atoms with Gasteiger partial charge in [0.2, 0.25) is 0 Å². The molecular formula is C19H20BrN3O2. The molecule has 0 aromatic heterocycles. The Balaban J connectivity index is 1.91. The first-order valence-electron chi connectivity index (χ1n) is 7.77. The quantitative estimate of drug-likeness (QED) is 0.465. The van der Waals surface area contributed by atoms with Gasteiger partial charge in [0.1, 0.15) is 0 Å². The standard InChI is InChI=1S/C19H20BrN3O2/c1-19(2,3)14-10-8-13(9-11-14)12-21-23-18(25)17(24)22-16-7-5-4-6-15(16)20/h4-12H,1-3H3,(H,22,24)(H,23,25)/b21-12-. The lowest BCUT2D eigenvalue weighted by molar-refractivity contribution is -0.136. The van der Waals surface area contributed by atoms with Gasteiger partial charge in [-0.3, -0.25) is 9.59 Å². The molecule has 2 rings (SSSR count). The van der Waals surface area contributed by atoms with Gasteiger partial charge in [-0.05, 0) is 44.6 Å². The lowest BCUT2D eigenvalue weighted by atomic mass is 9.87. The Morgan fingerprint density at radius 3 is 2.24 bits per heavy atom. The van der Waals surface area contributed by atoms with Gasteiger partial charge in [-0.2, -0.15) is 5.10 Å². The summed E-state index contributed by atoms with van der Waals surface area (Å²) in [6.45, 7) is 6.42.